The van der Waals surface area contributed by atoms with E-state index in [-0.39, 0.29) is 17.3 Å². The summed E-state index contributed by atoms with van der Waals surface area (Å²) >= 11 is 7.38. The molecule has 1 unspecified atom stereocenters. The van der Waals surface area contributed by atoms with Gasteiger partial charge in [0.1, 0.15) is 5.82 Å². The molecule has 1 atom stereocenters. The maximum absolute atomic E-state index is 11.2. The molecule has 5 N–H and O–H groups in total. The molecular formula is C12H13ClN4OS. The normalized spacial score (nSPS) is 12.1. The molecule has 100 valence electrons. The van der Waals surface area contributed by atoms with Crippen LogP contribution in [0.15, 0.2) is 24.4 Å². The first-order chi connectivity index (χ1) is 8.97. The van der Waals surface area contributed by atoms with Crippen molar-refractivity contribution in [3.05, 3.63) is 39.2 Å². The highest BCUT2D eigenvalue weighted by Gasteiger charge is 2.12. The van der Waals surface area contributed by atoms with Crippen molar-refractivity contribution in [3.8, 4) is 0 Å². The number of aromatic nitrogens is 1. The number of hydrogen-bond donors (Lipinski definition) is 3. The maximum Gasteiger partial charge on any atom is 0.250 e. The van der Waals surface area contributed by atoms with Crippen LogP contribution in [0.4, 0.5) is 11.5 Å². The summed E-state index contributed by atoms with van der Waals surface area (Å²) in [5, 5.41) is 3.17. The van der Waals surface area contributed by atoms with Crippen molar-refractivity contribution in [3.63, 3.8) is 0 Å². The number of halogens is 1. The summed E-state index contributed by atoms with van der Waals surface area (Å²) < 4.78 is 0.728. The first kappa shape index (κ1) is 13.6. The number of anilines is 2. The number of carbonyl (C=O) groups excluding carboxylic acids is 1. The number of nitrogens with one attached hydrogen (secondary N) is 1. The third-order valence-corrected chi connectivity index (χ3v) is 4.00. The number of nitrogens with two attached hydrogens (primary N) is 2. The lowest BCUT2D eigenvalue weighted by Gasteiger charge is -2.13. The molecule has 0 saturated carbocycles. The van der Waals surface area contributed by atoms with E-state index in [0.29, 0.717) is 5.82 Å². The molecule has 1 amide bonds. The molecule has 0 aromatic carbocycles. The SMILES string of the molecule is CC(Nc1cc(C(N)=O)c(N)cn1)c1ccc(Cl)s1. The van der Waals surface area contributed by atoms with E-state index < -0.39 is 5.91 Å². The third-order valence-electron chi connectivity index (χ3n) is 2.59. The van der Waals surface area contributed by atoms with Gasteiger partial charge in [-0.25, -0.2) is 4.98 Å². The van der Waals surface area contributed by atoms with Crippen LogP contribution in [0.3, 0.4) is 0 Å². The average molecular weight is 297 g/mol. The highest BCUT2D eigenvalue weighted by molar-refractivity contribution is 7.16. The number of nitrogens with zero attached hydrogens (tertiary/aromatic N) is 1. The molecule has 0 radical (unpaired) electrons. The Hall–Kier alpha value is -1.79. The smallest absolute Gasteiger partial charge is 0.250 e. The molecule has 19 heavy (non-hydrogen) atoms. The predicted octanol–water partition coefficient (Wildman–Crippen LogP) is 2.65. The van der Waals surface area contributed by atoms with Crippen LogP contribution in [-0.4, -0.2) is 10.9 Å². The summed E-state index contributed by atoms with van der Waals surface area (Å²) in [5.74, 6) is -0.0326. The summed E-state index contributed by atoms with van der Waals surface area (Å²) in [7, 11) is 0. The van der Waals surface area contributed by atoms with Crippen LogP contribution in [0.5, 0.6) is 0 Å². The largest absolute Gasteiger partial charge is 0.397 e. The Morgan fingerprint density at radius 3 is 2.84 bits per heavy atom. The van der Waals surface area contributed by atoms with Crippen LogP contribution in [-0.2, 0) is 0 Å². The first-order valence-corrected chi connectivity index (χ1v) is 6.74. The van der Waals surface area contributed by atoms with Crippen molar-refractivity contribution >= 4 is 40.4 Å². The summed E-state index contributed by atoms with van der Waals surface area (Å²) in [6.07, 6.45) is 1.41. The molecule has 0 aliphatic carbocycles. The van der Waals surface area contributed by atoms with Crippen molar-refractivity contribution in [1.29, 1.82) is 0 Å². The van der Waals surface area contributed by atoms with E-state index in [1.165, 1.54) is 17.5 Å². The standard InChI is InChI=1S/C12H13ClN4OS/c1-6(9-2-3-10(13)19-9)17-11-4-7(12(15)18)8(14)5-16-11/h2-6H,14H2,1H3,(H2,15,18)(H,16,17). The Morgan fingerprint density at radius 1 is 1.53 bits per heavy atom. The van der Waals surface area contributed by atoms with Gasteiger partial charge in [-0.3, -0.25) is 4.79 Å². The zero-order valence-corrected chi connectivity index (χ0v) is 11.8. The minimum absolute atomic E-state index is 0.0225. The molecule has 2 aromatic heterocycles. The highest BCUT2D eigenvalue weighted by Crippen LogP contribution is 2.28. The number of carbonyl (C=O) groups is 1. The summed E-state index contributed by atoms with van der Waals surface area (Å²) in [6, 6.07) is 5.35. The lowest BCUT2D eigenvalue weighted by Crippen LogP contribution is -2.15. The molecule has 0 fully saturated rings. The Labute approximate surface area is 119 Å². The van der Waals surface area contributed by atoms with Crippen LogP contribution < -0.4 is 16.8 Å². The van der Waals surface area contributed by atoms with E-state index in [1.54, 1.807) is 6.07 Å². The van der Waals surface area contributed by atoms with Crippen LogP contribution in [0, 0.1) is 0 Å². The highest BCUT2D eigenvalue weighted by atomic mass is 35.5. The molecule has 2 heterocycles. The molecule has 7 heteroatoms. The first-order valence-electron chi connectivity index (χ1n) is 5.54. The minimum Gasteiger partial charge on any atom is -0.397 e. The van der Waals surface area contributed by atoms with Crippen molar-refractivity contribution in [2.45, 2.75) is 13.0 Å². The molecule has 0 spiro atoms. The van der Waals surface area contributed by atoms with Gasteiger partial charge in [-0.05, 0) is 25.1 Å². The maximum atomic E-state index is 11.2. The van der Waals surface area contributed by atoms with Gasteiger partial charge >= 0.3 is 0 Å². The molecule has 0 aliphatic heterocycles. The summed E-state index contributed by atoms with van der Waals surface area (Å²) in [6.45, 7) is 1.98. The van der Waals surface area contributed by atoms with Gasteiger partial charge in [0.05, 0.1) is 27.8 Å². The van der Waals surface area contributed by atoms with Gasteiger partial charge in [-0.2, -0.15) is 0 Å². The second-order valence-corrected chi connectivity index (χ2v) is 5.78. The Kier molecular flexibility index (Phi) is 3.92. The van der Waals surface area contributed by atoms with Gasteiger partial charge in [0.25, 0.3) is 5.91 Å². The Balaban J connectivity index is 2.19. The van der Waals surface area contributed by atoms with E-state index in [2.05, 4.69) is 10.3 Å². The number of hydrogen-bond acceptors (Lipinski definition) is 5. The van der Waals surface area contributed by atoms with Gasteiger partial charge in [0.15, 0.2) is 0 Å². The topological polar surface area (TPSA) is 94.0 Å². The molecule has 5 nitrogen and oxygen atoms in total. The van der Waals surface area contributed by atoms with Gasteiger partial charge in [-0.1, -0.05) is 11.6 Å². The molecule has 0 aliphatic rings. The molecule has 0 bridgehead atoms. The fourth-order valence-electron chi connectivity index (χ4n) is 1.61. The van der Waals surface area contributed by atoms with Crippen LogP contribution in [0.2, 0.25) is 4.34 Å². The quantitative estimate of drug-likeness (QED) is 0.808. The number of rotatable bonds is 4. The number of amides is 1. The summed E-state index contributed by atoms with van der Waals surface area (Å²) in [4.78, 5) is 16.4. The monoisotopic (exact) mass is 296 g/mol. The predicted molar refractivity (Wildman–Crippen MR) is 78.5 cm³/mol. The molecular weight excluding hydrogens is 284 g/mol. The Morgan fingerprint density at radius 2 is 2.26 bits per heavy atom. The van der Waals surface area contributed by atoms with Gasteiger partial charge < -0.3 is 16.8 Å². The van der Waals surface area contributed by atoms with Gasteiger partial charge in [0, 0.05) is 4.88 Å². The number of pyridine rings is 1. The zero-order valence-electron chi connectivity index (χ0n) is 10.2. The van der Waals surface area contributed by atoms with Crippen LogP contribution >= 0.6 is 22.9 Å². The molecule has 2 rings (SSSR count). The van der Waals surface area contributed by atoms with Gasteiger partial charge in [0.2, 0.25) is 0 Å². The van der Waals surface area contributed by atoms with Crippen LogP contribution in [0.1, 0.15) is 28.2 Å². The minimum atomic E-state index is -0.574. The fraction of sp³-hybridized carbons (Fsp3) is 0.167. The van der Waals surface area contributed by atoms with E-state index in [9.17, 15) is 4.79 Å². The molecule has 2 aromatic rings. The van der Waals surface area contributed by atoms with E-state index >= 15 is 0 Å². The second-order valence-electron chi connectivity index (χ2n) is 4.03. The number of thiophene rings is 1. The number of primary amides is 1. The van der Waals surface area contributed by atoms with E-state index in [1.807, 2.05) is 19.1 Å². The van der Waals surface area contributed by atoms with Crippen molar-refractivity contribution in [2.24, 2.45) is 5.73 Å². The summed E-state index contributed by atoms with van der Waals surface area (Å²) in [5.41, 5.74) is 11.4. The van der Waals surface area contributed by atoms with Crippen LogP contribution in [0.25, 0.3) is 0 Å². The number of nitrogen functional groups attached to an aromatic ring is 1. The van der Waals surface area contributed by atoms with Gasteiger partial charge in [-0.15, -0.1) is 11.3 Å². The average Bonchev–Trinajstić information content (AvgIpc) is 2.78. The third kappa shape index (κ3) is 3.15. The van der Waals surface area contributed by atoms with Crippen molar-refractivity contribution in [1.82, 2.24) is 4.98 Å². The van der Waals surface area contributed by atoms with E-state index in [4.69, 9.17) is 23.1 Å². The lowest BCUT2D eigenvalue weighted by molar-refractivity contribution is 0.100. The zero-order chi connectivity index (χ0) is 14.0. The lowest BCUT2D eigenvalue weighted by atomic mass is 10.2. The molecule has 0 saturated heterocycles. The second kappa shape index (κ2) is 5.46. The fourth-order valence-corrected chi connectivity index (χ4v) is 2.68. The van der Waals surface area contributed by atoms with Crippen molar-refractivity contribution in [2.75, 3.05) is 11.1 Å². The Bertz CT molecular complexity index is 614. The van der Waals surface area contributed by atoms with E-state index in [0.717, 1.165) is 9.21 Å². The van der Waals surface area contributed by atoms with Crippen molar-refractivity contribution < 1.29 is 4.79 Å².